The molecule has 0 aromatic carbocycles. The highest BCUT2D eigenvalue weighted by atomic mass is 16.6. The Morgan fingerprint density at radius 1 is 0.492 bits per heavy atom. The Bertz CT molecular complexity index is 1210. The topological polar surface area (TPSA) is 102 Å². The van der Waals surface area contributed by atoms with Crippen molar-refractivity contribution in [3.63, 3.8) is 0 Å². The second-order valence-corrected chi connectivity index (χ2v) is 18.4. The van der Waals surface area contributed by atoms with Crippen LogP contribution in [0, 0.1) is 0 Å². The Morgan fingerprint density at radius 2 is 0.889 bits per heavy atom. The Balaban J connectivity index is 4.28. The van der Waals surface area contributed by atoms with Crippen molar-refractivity contribution < 1.29 is 38.2 Å². The standard InChI is InChI=1S/C55H97NO7/c1-6-8-10-12-14-16-18-20-22-24-26-28-30-32-34-36-38-40-42-44-46-54(58)63-51(49-61-48-47-52(55(59)60)56(3,4)5)50-62-53(57)45-43-41-39-37-35-33-31-29-27-25-23-21-19-17-15-13-11-9-7-2/h9,11,15,17,21,23,26-29,51-52H,6-8,10,12-14,16,18-20,22,24-25,30-50H2,1-5H3/b11-9+,17-15+,23-21+,28-26+,29-27+. The minimum absolute atomic E-state index is 0.0330. The monoisotopic (exact) mass is 884 g/mol. The number of ether oxygens (including phenoxy) is 3. The van der Waals surface area contributed by atoms with Gasteiger partial charge in [-0.3, -0.25) is 9.59 Å². The summed E-state index contributed by atoms with van der Waals surface area (Å²) in [5.41, 5.74) is 0. The minimum Gasteiger partial charge on any atom is -0.544 e. The number of carboxylic acids is 1. The molecule has 0 spiro atoms. The van der Waals surface area contributed by atoms with Crippen molar-refractivity contribution in [1.82, 2.24) is 0 Å². The van der Waals surface area contributed by atoms with Crippen molar-refractivity contribution >= 4 is 17.9 Å². The van der Waals surface area contributed by atoms with E-state index in [4.69, 9.17) is 14.2 Å². The molecule has 0 aromatic rings. The molecule has 364 valence electrons. The summed E-state index contributed by atoms with van der Waals surface area (Å²) in [5.74, 6) is -1.76. The van der Waals surface area contributed by atoms with E-state index in [0.717, 1.165) is 77.0 Å². The van der Waals surface area contributed by atoms with Gasteiger partial charge in [0.05, 0.1) is 40.3 Å². The van der Waals surface area contributed by atoms with Crippen LogP contribution in [0.1, 0.15) is 219 Å². The summed E-state index contributed by atoms with van der Waals surface area (Å²) in [5, 5.41) is 11.7. The average molecular weight is 884 g/mol. The van der Waals surface area contributed by atoms with Gasteiger partial charge in [-0.2, -0.15) is 0 Å². The highest BCUT2D eigenvalue weighted by molar-refractivity contribution is 5.70. The molecule has 0 fully saturated rings. The zero-order valence-electron chi connectivity index (χ0n) is 41.5. The summed E-state index contributed by atoms with van der Waals surface area (Å²) in [7, 11) is 5.41. The van der Waals surface area contributed by atoms with Gasteiger partial charge in [-0.25, -0.2) is 0 Å². The highest BCUT2D eigenvalue weighted by Gasteiger charge is 2.25. The number of aliphatic carboxylic acids is 1. The molecule has 0 saturated heterocycles. The van der Waals surface area contributed by atoms with Crippen molar-refractivity contribution in [2.45, 2.75) is 231 Å². The van der Waals surface area contributed by atoms with Gasteiger partial charge in [-0.1, -0.05) is 184 Å². The molecular formula is C55H97NO7. The van der Waals surface area contributed by atoms with Crippen molar-refractivity contribution in [1.29, 1.82) is 0 Å². The van der Waals surface area contributed by atoms with Gasteiger partial charge in [0.1, 0.15) is 12.6 Å². The lowest BCUT2D eigenvalue weighted by Gasteiger charge is -2.34. The number of unbranched alkanes of at least 4 members (excludes halogenated alkanes) is 22. The van der Waals surface area contributed by atoms with Crippen LogP contribution in [0.4, 0.5) is 0 Å². The van der Waals surface area contributed by atoms with Crippen LogP contribution in [0.5, 0.6) is 0 Å². The van der Waals surface area contributed by atoms with Crippen LogP contribution in [0.25, 0.3) is 0 Å². The number of quaternary nitrogens is 1. The fourth-order valence-electron chi connectivity index (χ4n) is 7.41. The van der Waals surface area contributed by atoms with Gasteiger partial charge in [0.2, 0.25) is 0 Å². The zero-order chi connectivity index (χ0) is 46.3. The molecule has 0 aliphatic heterocycles. The Kier molecular flexibility index (Phi) is 43.4. The molecule has 8 nitrogen and oxygen atoms in total. The van der Waals surface area contributed by atoms with Crippen LogP contribution >= 0.6 is 0 Å². The minimum atomic E-state index is -1.13. The highest BCUT2D eigenvalue weighted by Crippen LogP contribution is 2.15. The quantitative estimate of drug-likeness (QED) is 0.0260. The smallest absolute Gasteiger partial charge is 0.306 e. The first-order chi connectivity index (χ1) is 30.6. The molecule has 0 aliphatic carbocycles. The first-order valence-electron chi connectivity index (χ1n) is 25.8. The lowest BCUT2D eigenvalue weighted by Crippen LogP contribution is -2.55. The number of hydrogen-bond donors (Lipinski definition) is 0. The molecule has 0 saturated carbocycles. The van der Waals surface area contributed by atoms with Crippen LogP contribution in [0.15, 0.2) is 60.8 Å². The normalized spacial score (nSPS) is 13.3. The van der Waals surface area contributed by atoms with E-state index < -0.39 is 18.1 Å². The molecular weight excluding hydrogens is 787 g/mol. The molecule has 0 heterocycles. The Labute approximate surface area is 388 Å². The molecule has 63 heavy (non-hydrogen) atoms. The first-order valence-corrected chi connectivity index (χ1v) is 25.8. The third-order valence-electron chi connectivity index (χ3n) is 11.4. The second kappa shape index (κ2) is 45.6. The number of allylic oxidation sites excluding steroid dienone is 10. The van der Waals surface area contributed by atoms with Gasteiger partial charge in [0.15, 0.2) is 6.10 Å². The number of carbonyl (C=O) groups excluding carboxylic acids is 3. The molecule has 8 heteroatoms. The number of esters is 2. The van der Waals surface area contributed by atoms with Crippen molar-refractivity contribution in [2.24, 2.45) is 0 Å². The van der Waals surface area contributed by atoms with Gasteiger partial charge in [0.25, 0.3) is 0 Å². The maximum atomic E-state index is 12.8. The van der Waals surface area contributed by atoms with Gasteiger partial charge < -0.3 is 28.6 Å². The lowest BCUT2D eigenvalue weighted by molar-refractivity contribution is -0.889. The Morgan fingerprint density at radius 3 is 1.33 bits per heavy atom. The van der Waals surface area contributed by atoms with Crippen LogP contribution in [-0.2, 0) is 28.6 Å². The SMILES string of the molecule is CC/C=C/C/C=C/C/C=C/C/C=C/CCCCCCCCC(=O)OCC(COCCC(C(=O)[O-])[N+](C)(C)C)OC(=O)CCCCCCCCC/C=C/CCCCCCCCCCC. The number of hydrogen-bond acceptors (Lipinski definition) is 7. The van der Waals surface area contributed by atoms with E-state index in [1.165, 1.54) is 109 Å². The molecule has 0 aliphatic rings. The third-order valence-corrected chi connectivity index (χ3v) is 11.4. The van der Waals surface area contributed by atoms with E-state index in [9.17, 15) is 19.5 Å². The molecule has 0 aromatic heterocycles. The molecule has 2 atom stereocenters. The van der Waals surface area contributed by atoms with Gasteiger partial charge >= 0.3 is 11.9 Å². The number of carbonyl (C=O) groups is 3. The summed E-state index contributed by atoms with van der Waals surface area (Å²) in [6.45, 7) is 4.55. The number of rotatable bonds is 46. The van der Waals surface area contributed by atoms with E-state index in [-0.39, 0.29) is 42.7 Å². The van der Waals surface area contributed by atoms with Crippen LogP contribution in [0.3, 0.4) is 0 Å². The van der Waals surface area contributed by atoms with Crippen molar-refractivity contribution in [2.75, 3.05) is 41.0 Å². The van der Waals surface area contributed by atoms with E-state index in [0.29, 0.717) is 12.8 Å². The summed E-state index contributed by atoms with van der Waals surface area (Å²) in [6.07, 6.45) is 56.8. The summed E-state index contributed by atoms with van der Waals surface area (Å²) in [4.78, 5) is 37.0. The Hall–Kier alpha value is -2.97. The average Bonchev–Trinajstić information content (AvgIpc) is 3.24. The molecule has 0 rings (SSSR count). The van der Waals surface area contributed by atoms with Crippen molar-refractivity contribution in [3.05, 3.63) is 60.8 Å². The van der Waals surface area contributed by atoms with Crippen LogP contribution in [0.2, 0.25) is 0 Å². The summed E-state index contributed by atoms with van der Waals surface area (Å²) >= 11 is 0. The number of carboxylic acid groups (broad SMARTS) is 1. The van der Waals surface area contributed by atoms with Crippen LogP contribution in [-0.4, -0.2) is 75.5 Å². The first kappa shape index (κ1) is 60.0. The van der Waals surface area contributed by atoms with Crippen molar-refractivity contribution in [3.8, 4) is 0 Å². The predicted octanol–water partition coefficient (Wildman–Crippen LogP) is 13.6. The molecule has 2 unspecified atom stereocenters. The molecule has 0 N–H and O–H groups in total. The summed E-state index contributed by atoms with van der Waals surface area (Å²) in [6, 6.07) is -0.731. The molecule has 0 amide bonds. The predicted molar refractivity (Wildman–Crippen MR) is 263 cm³/mol. The van der Waals surface area contributed by atoms with E-state index >= 15 is 0 Å². The van der Waals surface area contributed by atoms with E-state index in [1.807, 2.05) is 0 Å². The maximum Gasteiger partial charge on any atom is 0.306 e. The van der Waals surface area contributed by atoms with Gasteiger partial charge in [-0.05, 0) is 77.0 Å². The number of nitrogens with zero attached hydrogens (tertiary/aromatic N) is 1. The van der Waals surface area contributed by atoms with E-state index in [1.54, 1.807) is 21.1 Å². The number of likely N-dealkylation sites (N-methyl/N-ethyl adjacent to an activating group) is 1. The third kappa shape index (κ3) is 44.0. The maximum absolute atomic E-state index is 12.8. The molecule has 0 radical (unpaired) electrons. The zero-order valence-corrected chi connectivity index (χ0v) is 41.5. The van der Waals surface area contributed by atoms with Gasteiger partial charge in [-0.15, -0.1) is 0 Å². The van der Waals surface area contributed by atoms with E-state index in [2.05, 4.69) is 74.6 Å². The second-order valence-electron chi connectivity index (χ2n) is 18.4. The van der Waals surface area contributed by atoms with Crippen LogP contribution < -0.4 is 5.11 Å². The van der Waals surface area contributed by atoms with Gasteiger partial charge in [0, 0.05) is 19.3 Å². The fraction of sp³-hybridized carbons (Fsp3) is 0.764. The largest absolute Gasteiger partial charge is 0.544 e. The molecule has 0 bridgehead atoms. The summed E-state index contributed by atoms with van der Waals surface area (Å²) < 4.78 is 17.2. The fourth-order valence-corrected chi connectivity index (χ4v) is 7.41. The lowest BCUT2D eigenvalue weighted by atomic mass is 10.1.